The van der Waals surface area contributed by atoms with E-state index in [1.165, 1.54) is 0 Å². The maximum absolute atomic E-state index is 12.5. The first-order chi connectivity index (χ1) is 12.5. The highest BCUT2D eigenvalue weighted by Crippen LogP contribution is 2.24. The number of nitrogens with one attached hydrogen (secondary N) is 1. The number of imidazole rings is 1. The Kier molecular flexibility index (Phi) is 4.06. The zero-order valence-corrected chi connectivity index (χ0v) is 15.2. The molecule has 1 aliphatic rings. The summed E-state index contributed by atoms with van der Waals surface area (Å²) >= 11 is 0. The highest BCUT2D eigenvalue weighted by Gasteiger charge is 2.25. The van der Waals surface area contributed by atoms with Gasteiger partial charge in [-0.1, -0.05) is 0 Å². The van der Waals surface area contributed by atoms with Crippen molar-refractivity contribution in [3.8, 4) is 0 Å². The molecular weight excluding hydrogens is 332 g/mol. The lowest BCUT2D eigenvalue weighted by Crippen LogP contribution is -2.48. The van der Waals surface area contributed by atoms with Gasteiger partial charge < -0.3 is 14.8 Å². The molecule has 1 fully saturated rings. The standard InChI is InChI=1S/C17H22N8O/c1-11-7-13(22-24(11)3)17(26)21-12-5-4-6-25(8-12)16-14-15(18-9-19-16)23(2)10-20-14/h7,9-10,12H,4-6,8H2,1-3H3,(H,21,26). The van der Waals surface area contributed by atoms with E-state index in [-0.39, 0.29) is 11.9 Å². The predicted octanol–water partition coefficient (Wildman–Crippen LogP) is 0.804. The summed E-state index contributed by atoms with van der Waals surface area (Å²) in [7, 11) is 3.75. The highest BCUT2D eigenvalue weighted by molar-refractivity contribution is 5.92. The molecular formula is C17H22N8O. The monoisotopic (exact) mass is 354 g/mol. The summed E-state index contributed by atoms with van der Waals surface area (Å²) in [5, 5.41) is 7.36. The number of hydrogen-bond acceptors (Lipinski definition) is 6. The number of nitrogens with zero attached hydrogens (tertiary/aromatic N) is 7. The van der Waals surface area contributed by atoms with Crippen LogP contribution >= 0.6 is 0 Å². The summed E-state index contributed by atoms with van der Waals surface area (Å²) in [6, 6.07) is 1.85. The van der Waals surface area contributed by atoms with Gasteiger partial charge in [0.1, 0.15) is 12.0 Å². The maximum atomic E-state index is 12.5. The second-order valence-corrected chi connectivity index (χ2v) is 6.78. The van der Waals surface area contributed by atoms with Crippen LogP contribution < -0.4 is 10.2 Å². The molecule has 0 spiro atoms. The molecule has 0 aromatic carbocycles. The minimum atomic E-state index is -0.133. The van der Waals surface area contributed by atoms with Crippen LogP contribution in [-0.4, -0.2) is 54.3 Å². The second kappa shape index (κ2) is 6.40. The average Bonchev–Trinajstić information content (AvgIpc) is 3.18. The average molecular weight is 354 g/mol. The summed E-state index contributed by atoms with van der Waals surface area (Å²) in [5.74, 6) is 0.689. The third-order valence-corrected chi connectivity index (χ3v) is 4.88. The third-order valence-electron chi connectivity index (χ3n) is 4.88. The third kappa shape index (κ3) is 2.89. The highest BCUT2D eigenvalue weighted by atomic mass is 16.2. The molecule has 0 saturated carbocycles. The Morgan fingerprint density at radius 3 is 2.88 bits per heavy atom. The number of aryl methyl sites for hydroxylation is 3. The van der Waals surface area contributed by atoms with Crippen LogP contribution in [0.15, 0.2) is 18.7 Å². The normalized spacial score (nSPS) is 17.7. The minimum absolute atomic E-state index is 0.0484. The molecule has 4 heterocycles. The smallest absolute Gasteiger partial charge is 0.272 e. The zero-order valence-electron chi connectivity index (χ0n) is 15.2. The van der Waals surface area contributed by atoms with Gasteiger partial charge >= 0.3 is 0 Å². The van der Waals surface area contributed by atoms with Gasteiger partial charge in [0.25, 0.3) is 5.91 Å². The molecule has 9 heteroatoms. The van der Waals surface area contributed by atoms with E-state index in [0.717, 1.165) is 42.1 Å². The van der Waals surface area contributed by atoms with E-state index in [2.05, 4.69) is 30.3 Å². The van der Waals surface area contributed by atoms with Crippen molar-refractivity contribution in [2.24, 2.45) is 14.1 Å². The number of hydrogen-bond donors (Lipinski definition) is 1. The topological polar surface area (TPSA) is 93.8 Å². The van der Waals surface area contributed by atoms with E-state index in [0.29, 0.717) is 12.2 Å². The Morgan fingerprint density at radius 2 is 2.12 bits per heavy atom. The van der Waals surface area contributed by atoms with Gasteiger partial charge in [0.2, 0.25) is 0 Å². The van der Waals surface area contributed by atoms with Gasteiger partial charge in [-0.25, -0.2) is 15.0 Å². The van der Waals surface area contributed by atoms with Crippen molar-refractivity contribution in [2.45, 2.75) is 25.8 Å². The Morgan fingerprint density at radius 1 is 1.27 bits per heavy atom. The molecule has 4 rings (SSSR count). The largest absolute Gasteiger partial charge is 0.353 e. The lowest BCUT2D eigenvalue weighted by atomic mass is 10.1. The molecule has 0 bridgehead atoms. The number of fused-ring (bicyclic) bond motifs is 1. The van der Waals surface area contributed by atoms with E-state index in [1.54, 1.807) is 23.4 Å². The minimum Gasteiger partial charge on any atom is -0.353 e. The van der Waals surface area contributed by atoms with Gasteiger partial charge in [-0.3, -0.25) is 9.48 Å². The molecule has 136 valence electrons. The molecule has 0 aliphatic carbocycles. The van der Waals surface area contributed by atoms with E-state index in [1.807, 2.05) is 25.6 Å². The Balaban J connectivity index is 1.51. The number of carbonyl (C=O) groups excluding carboxylic acids is 1. The summed E-state index contributed by atoms with van der Waals surface area (Å²) < 4.78 is 3.59. The number of rotatable bonds is 3. The Bertz CT molecular complexity index is 939. The van der Waals surface area contributed by atoms with Crippen molar-refractivity contribution in [1.29, 1.82) is 0 Å². The van der Waals surface area contributed by atoms with Crippen molar-refractivity contribution in [2.75, 3.05) is 18.0 Å². The fourth-order valence-electron chi connectivity index (χ4n) is 3.38. The Labute approximate surface area is 151 Å². The second-order valence-electron chi connectivity index (χ2n) is 6.78. The van der Waals surface area contributed by atoms with Crippen LogP contribution in [0.5, 0.6) is 0 Å². The van der Waals surface area contributed by atoms with Crippen molar-refractivity contribution in [3.05, 3.63) is 30.1 Å². The summed E-state index contributed by atoms with van der Waals surface area (Å²) in [6.07, 6.45) is 5.22. The van der Waals surface area contributed by atoms with Crippen LogP contribution in [0.4, 0.5) is 5.82 Å². The van der Waals surface area contributed by atoms with Gasteiger partial charge in [0.05, 0.1) is 6.33 Å². The van der Waals surface area contributed by atoms with Crippen molar-refractivity contribution < 1.29 is 4.79 Å². The lowest BCUT2D eigenvalue weighted by molar-refractivity contribution is 0.0927. The first kappa shape index (κ1) is 16.5. The molecule has 1 amide bonds. The Hall–Kier alpha value is -2.97. The molecule has 1 unspecified atom stereocenters. The van der Waals surface area contributed by atoms with Crippen molar-refractivity contribution in [3.63, 3.8) is 0 Å². The zero-order chi connectivity index (χ0) is 18.3. The number of anilines is 1. The van der Waals surface area contributed by atoms with Crippen LogP contribution in [0.25, 0.3) is 11.2 Å². The van der Waals surface area contributed by atoms with Crippen LogP contribution in [0, 0.1) is 6.92 Å². The summed E-state index contributed by atoms with van der Waals surface area (Å²) in [6.45, 7) is 3.51. The first-order valence-electron chi connectivity index (χ1n) is 8.71. The molecule has 1 saturated heterocycles. The van der Waals surface area contributed by atoms with Crippen LogP contribution in [-0.2, 0) is 14.1 Å². The molecule has 26 heavy (non-hydrogen) atoms. The van der Waals surface area contributed by atoms with Crippen molar-refractivity contribution >= 4 is 22.9 Å². The van der Waals surface area contributed by atoms with Gasteiger partial charge in [-0.05, 0) is 25.8 Å². The van der Waals surface area contributed by atoms with Gasteiger partial charge in [-0.15, -0.1) is 0 Å². The van der Waals surface area contributed by atoms with E-state index < -0.39 is 0 Å². The van der Waals surface area contributed by atoms with Gasteiger partial charge in [0, 0.05) is 38.9 Å². The molecule has 1 atom stereocenters. The first-order valence-corrected chi connectivity index (χ1v) is 8.71. The number of aromatic nitrogens is 6. The SMILES string of the molecule is Cc1cc(C(=O)NC2CCCN(c3ncnc4c3ncn4C)C2)nn1C. The molecule has 1 aliphatic heterocycles. The van der Waals surface area contributed by atoms with Crippen LogP contribution in [0.1, 0.15) is 29.0 Å². The molecule has 0 radical (unpaired) electrons. The molecule has 3 aromatic heterocycles. The lowest BCUT2D eigenvalue weighted by Gasteiger charge is -2.33. The fourth-order valence-corrected chi connectivity index (χ4v) is 3.38. The predicted molar refractivity (Wildman–Crippen MR) is 97.0 cm³/mol. The van der Waals surface area contributed by atoms with E-state index in [9.17, 15) is 4.79 Å². The summed E-state index contributed by atoms with van der Waals surface area (Å²) in [4.78, 5) is 27.8. The van der Waals surface area contributed by atoms with Gasteiger partial charge in [0.15, 0.2) is 17.0 Å². The number of amides is 1. The van der Waals surface area contributed by atoms with E-state index in [4.69, 9.17) is 0 Å². The molecule has 3 aromatic rings. The number of carbonyl (C=O) groups is 1. The quantitative estimate of drug-likeness (QED) is 0.748. The summed E-state index contributed by atoms with van der Waals surface area (Å²) in [5.41, 5.74) is 3.02. The van der Waals surface area contributed by atoms with Crippen LogP contribution in [0.2, 0.25) is 0 Å². The van der Waals surface area contributed by atoms with Crippen molar-refractivity contribution in [1.82, 2.24) is 34.6 Å². The number of piperidine rings is 1. The molecule has 1 N–H and O–H groups in total. The van der Waals surface area contributed by atoms with Crippen LogP contribution in [0.3, 0.4) is 0 Å². The maximum Gasteiger partial charge on any atom is 0.272 e. The van der Waals surface area contributed by atoms with Gasteiger partial charge in [-0.2, -0.15) is 5.10 Å². The fraction of sp³-hybridized carbons (Fsp3) is 0.471. The molecule has 9 nitrogen and oxygen atoms in total. The van der Waals surface area contributed by atoms with E-state index >= 15 is 0 Å².